The van der Waals surface area contributed by atoms with Gasteiger partial charge in [0.05, 0.1) is 13.0 Å². The van der Waals surface area contributed by atoms with E-state index >= 15 is 0 Å². The third-order valence-corrected chi connectivity index (χ3v) is 7.72. The molecule has 0 atom stereocenters. The summed E-state index contributed by atoms with van der Waals surface area (Å²) in [6.07, 6.45) is 4.84. The molecule has 1 aliphatic heterocycles. The first-order valence-corrected chi connectivity index (χ1v) is 12.6. The van der Waals surface area contributed by atoms with Gasteiger partial charge in [-0.05, 0) is 41.0 Å². The molecule has 1 saturated heterocycles. The van der Waals surface area contributed by atoms with Gasteiger partial charge < -0.3 is 19.3 Å². The van der Waals surface area contributed by atoms with Crippen molar-refractivity contribution in [3.63, 3.8) is 0 Å². The van der Waals surface area contributed by atoms with Crippen LogP contribution in [0.2, 0.25) is 0 Å². The zero-order chi connectivity index (χ0) is 23.9. The third kappa shape index (κ3) is 6.50. The molecule has 3 aromatic rings. The SMILES string of the molecule is Cn1ccnc1SCc1ccc(OC(=O)N2CCC(Sc3nnnn3CCC(=O)O)CC2)cc1. The molecule has 1 amide bonds. The van der Waals surface area contributed by atoms with Crippen molar-refractivity contribution in [3.8, 4) is 5.75 Å². The van der Waals surface area contributed by atoms with Gasteiger partial charge in [0.25, 0.3) is 0 Å². The second kappa shape index (κ2) is 11.4. The fraction of sp³-hybridized carbons (Fsp3) is 0.429. The number of rotatable bonds is 9. The van der Waals surface area contributed by atoms with Crippen molar-refractivity contribution in [3.05, 3.63) is 42.2 Å². The number of carbonyl (C=O) groups is 2. The minimum absolute atomic E-state index is 0.0349. The van der Waals surface area contributed by atoms with Crippen molar-refractivity contribution in [1.82, 2.24) is 34.7 Å². The Bertz CT molecular complexity index is 1110. The molecule has 11 nitrogen and oxygen atoms in total. The molecule has 180 valence electrons. The first-order valence-electron chi connectivity index (χ1n) is 10.8. The highest BCUT2D eigenvalue weighted by molar-refractivity contribution is 7.99. The van der Waals surface area contributed by atoms with E-state index in [0.29, 0.717) is 24.0 Å². The molecular weight excluding hydrogens is 478 g/mol. The fourth-order valence-electron chi connectivity index (χ4n) is 3.39. The van der Waals surface area contributed by atoms with Crippen LogP contribution in [0.3, 0.4) is 0 Å². The summed E-state index contributed by atoms with van der Waals surface area (Å²) in [5, 5.41) is 22.2. The van der Waals surface area contributed by atoms with Gasteiger partial charge in [-0.2, -0.15) is 0 Å². The second-order valence-electron chi connectivity index (χ2n) is 7.75. The summed E-state index contributed by atoms with van der Waals surface area (Å²) < 4.78 is 9.05. The predicted molar refractivity (Wildman–Crippen MR) is 126 cm³/mol. The largest absolute Gasteiger partial charge is 0.481 e. The van der Waals surface area contributed by atoms with Gasteiger partial charge in [-0.25, -0.2) is 14.5 Å². The van der Waals surface area contributed by atoms with E-state index in [2.05, 4.69) is 20.5 Å². The van der Waals surface area contributed by atoms with Gasteiger partial charge in [-0.1, -0.05) is 35.7 Å². The number of hydrogen-bond donors (Lipinski definition) is 1. The molecule has 1 aromatic carbocycles. The minimum Gasteiger partial charge on any atom is -0.481 e. The van der Waals surface area contributed by atoms with Gasteiger partial charge in [-0.15, -0.1) is 5.10 Å². The van der Waals surface area contributed by atoms with Crippen LogP contribution < -0.4 is 4.74 Å². The molecule has 3 heterocycles. The monoisotopic (exact) mass is 503 g/mol. The zero-order valence-corrected chi connectivity index (χ0v) is 20.2. The number of thioether (sulfide) groups is 2. The number of nitrogens with zero attached hydrogens (tertiary/aromatic N) is 7. The number of aromatic nitrogens is 6. The highest BCUT2D eigenvalue weighted by atomic mass is 32.2. The number of aryl methyl sites for hydroxylation is 2. The quantitative estimate of drug-likeness (QED) is 0.435. The number of carbonyl (C=O) groups excluding carboxylic acids is 1. The maximum absolute atomic E-state index is 12.6. The third-order valence-electron chi connectivity index (χ3n) is 5.28. The number of benzene rings is 1. The Kier molecular flexibility index (Phi) is 8.06. The van der Waals surface area contributed by atoms with Gasteiger partial charge in [0.1, 0.15) is 5.75 Å². The Morgan fingerprint density at radius 3 is 2.62 bits per heavy atom. The number of likely N-dealkylation sites (tertiary alicyclic amines) is 1. The number of amides is 1. The van der Waals surface area contributed by atoms with E-state index < -0.39 is 5.97 Å². The van der Waals surface area contributed by atoms with Crippen molar-refractivity contribution >= 4 is 35.6 Å². The van der Waals surface area contributed by atoms with Crippen LogP contribution in [0.5, 0.6) is 5.75 Å². The molecule has 1 aliphatic rings. The number of tetrazole rings is 1. The minimum atomic E-state index is -0.892. The molecule has 4 rings (SSSR count). The lowest BCUT2D eigenvalue weighted by molar-refractivity contribution is -0.137. The molecule has 0 spiro atoms. The summed E-state index contributed by atoms with van der Waals surface area (Å²) >= 11 is 3.17. The van der Waals surface area contributed by atoms with Gasteiger partial charge in [0.15, 0.2) is 5.16 Å². The van der Waals surface area contributed by atoms with Gasteiger partial charge in [0, 0.05) is 43.5 Å². The van der Waals surface area contributed by atoms with Crippen LogP contribution in [0.15, 0.2) is 47.0 Å². The average molecular weight is 504 g/mol. The molecule has 0 aliphatic carbocycles. The lowest BCUT2D eigenvalue weighted by atomic mass is 10.1. The number of ether oxygens (including phenoxy) is 1. The molecule has 13 heteroatoms. The lowest BCUT2D eigenvalue weighted by Crippen LogP contribution is -2.41. The maximum atomic E-state index is 12.6. The van der Waals surface area contributed by atoms with Crippen molar-refractivity contribution in [2.45, 2.75) is 47.1 Å². The van der Waals surface area contributed by atoms with E-state index in [1.54, 1.807) is 22.9 Å². The standard InChI is InChI=1S/C21H25N7O4S2/c1-26-13-9-22-19(26)33-14-15-2-4-16(5-3-15)32-21(31)27-10-6-17(7-11-27)34-20-23-24-25-28(20)12-8-18(29)30/h2-5,9,13,17H,6-8,10-12,14H2,1H3,(H,29,30). The maximum Gasteiger partial charge on any atom is 0.415 e. The van der Waals surface area contributed by atoms with E-state index in [1.807, 2.05) is 42.1 Å². The molecule has 1 fully saturated rings. The molecule has 0 radical (unpaired) electrons. The van der Waals surface area contributed by atoms with E-state index in [9.17, 15) is 9.59 Å². The average Bonchev–Trinajstić information content (AvgIpc) is 3.46. The Labute approximate surface area is 204 Å². The number of piperidine rings is 1. The van der Waals surface area contributed by atoms with E-state index in [1.165, 1.54) is 16.4 Å². The van der Waals surface area contributed by atoms with Gasteiger partial charge in [0.2, 0.25) is 5.16 Å². The fourth-order valence-corrected chi connectivity index (χ4v) is 5.35. The second-order valence-corrected chi connectivity index (χ2v) is 9.96. The number of carboxylic acid groups (broad SMARTS) is 1. The van der Waals surface area contributed by atoms with Crippen LogP contribution in [0.25, 0.3) is 0 Å². The number of carboxylic acids is 1. The molecule has 34 heavy (non-hydrogen) atoms. The Morgan fingerprint density at radius 2 is 1.94 bits per heavy atom. The molecule has 0 saturated carbocycles. The molecule has 2 aromatic heterocycles. The van der Waals surface area contributed by atoms with Crippen molar-refractivity contribution in [1.29, 1.82) is 0 Å². The molecule has 1 N–H and O–H groups in total. The highest BCUT2D eigenvalue weighted by Crippen LogP contribution is 2.29. The van der Waals surface area contributed by atoms with Crippen molar-refractivity contribution in [2.75, 3.05) is 13.1 Å². The van der Waals surface area contributed by atoms with Crippen LogP contribution in [0, 0.1) is 0 Å². The molecule has 0 bridgehead atoms. The number of imidazole rings is 1. The normalized spacial score (nSPS) is 14.3. The van der Waals surface area contributed by atoms with Gasteiger partial charge in [-0.3, -0.25) is 4.79 Å². The first-order chi connectivity index (χ1) is 16.5. The van der Waals surface area contributed by atoms with Crippen LogP contribution in [-0.4, -0.2) is 70.2 Å². The number of hydrogen-bond acceptors (Lipinski definition) is 9. The van der Waals surface area contributed by atoms with E-state index in [4.69, 9.17) is 9.84 Å². The summed E-state index contributed by atoms with van der Waals surface area (Å²) in [6, 6.07) is 7.53. The van der Waals surface area contributed by atoms with Crippen LogP contribution in [-0.2, 0) is 24.1 Å². The Balaban J connectivity index is 1.21. The smallest absolute Gasteiger partial charge is 0.415 e. The van der Waals surface area contributed by atoms with Crippen molar-refractivity contribution in [2.24, 2.45) is 7.05 Å². The summed E-state index contributed by atoms with van der Waals surface area (Å²) in [4.78, 5) is 29.4. The zero-order valence-electron chi connectivity index (χ0n) is 18.6. The molecular formula is C21H25N7O4S2. The lowest BCUT2D eigenvalue weighted by Gasteiger charge is -2.30. The van der Waals surface area contributed by atoms with Crippen LogP contribution >= 0.6 is 23.5 Å². The summed E-state index contributed by atoms with van der Waals surface area (Å²) in [5.41, 5.74) is 1.12. The van der Waals surface area contributed by atoms with E-state index in [-0.39, 0.29) is 24.3 Å². The topological polar surface area (TPSA) is 128 Å². The van der Waals surface area contributed by atoms with Crippen LogP contribution in [0.4, 0.5) is 4.79 Å². The van der Waals surface area contributed by atoms with E-state index in [0.717, 1.165) is 29.3 Å². The summed E-state index contributed by atoms with van der Waals surface area (Å²) in [6.45, 7) is 1.38. The predicted octanol–water partition coefficient (Wildman–Crippen LogP) is 2.93. The summed E-state index contributed by atoms with van der Waals surface area (Å²) in [5.74, 6) is 0.408. The Hall–Kier alpha value is -3.06. The van der Waals surface area contributed by atoms with Gasteiger partial charge >= 0.3 is 12.1 Å². The number of aliphatic carboxylic acids is 1. The Morgan fingerprint density at radius 1 is 1.18 bits per heavy atom. The summed E-state index contributed by atoms with van der Waals surface area (Å²) in [7, 11) is 1.96. The highest BCUT2D eigenvalue weighted by Gasteiger charge is 2.26. The van der Waals surface area contributed by atoms with Crippen molar-refractivity contribution < 1.29 is 19.4 Å². The molecule has 0 unspecified atom stereocenters. The first kappa shape index (κ1) is 24.1. The van der Waals surface area contributed by atoms with Crippen LogP contribution in [0.1, 0.15) is 24.8 Å².